The monoisotopic (exact) mass is 169 g/mol. The number of aliphatic carboxylic acids is 1. The number of carboxylic acids is 1. The summed E-state index contributed by atoms with van der Waals surface area (Å²) < 4.78 is 0. The lowest BCUT2D eigenvalue weighted by Crippen LogP contribution is -2.33. The molecular formula is C9H15NO2. The van der Waals surface area contributed by atoms with E-state index in [0.717, 1.165) is 13.0 Å². The van der Waals surface area contributed by atoms with E-state index in [1.54, 1.807) is 6.08 Å². The lowest BCUT2D eigenvalue weighted by atomic mass is 10.0. The van der Waals surface area contributed by atoms with Gasteiger partial charge in [-0.3, -0.25) is 0 Å². The second-order valence-electron chi connectivity index (χ2n) is 3.12. The van der Waals surface area contributed by atoms with E-state index in [0.29, 0.717) is 6.04 Å². The highest BCUT2D eigenvalue weighted by Gasteiger charge is 2.09. The summed E-state index contributed by atoms with van der Waals surface area (Å²) in [6.45, 7) is 1.07. The zero-order valence-electron chi connectivity index (χ0n) is 7.12. The van der Waals surface area contributed by atoms with E-state index in [9.17, 15) is 4.79 Å². The maximum atomic E-state index is 10.1. The summed E-state index contributed by atoms with van der Waals surface area (Å²) >= 11 is 0. The van der Waals surface area contributed by atoms with Crippen molar-refractivity contribution in [2.75, 3.05) is 6.54 Å². The van der Waals surface area contributed by atoms with Crippen molar-refractivity contribution in [1.82, 2.24) is 5.32 Å². The molecular weight excluding hydrogens is 154 g/mol. The number of carboxylic acid groups (broad SMARTS) is 1. The first kappa shape index (κ1) is 9.26. The highest BCUT2D eigenvalue weighted by Crippen LogP contribution is 2.09. The van der Waals surface area contributed by atoms with Gasteiger partial charge in [0.2, 0.25) is 0 Å². The van der Waals surface area contributed by atoms with Crippen LogP contribution in [0.25, 0.3) is 0 Å². The van der Waals surface area contributed by atoms with Crippen molar-refractivity contribution < 1.29 is 9.90 Å². The molecule has 0 aromatic heterocycles. The molecule has 12 heavy (non-hydrogen) atoms. The van der Waals surface area contributed by atoms with E-state index >= 15 is 0 Å². The smallest absolute Gasteiger partial charge is 0.327 e. The Morgan fingerprint density at radius 1 is 1.58 bits per heavy atom. The summed E-state index contributed by atoms with van der Waals surface area (Å²) in [5.74, 6) is -0.856. The topological polar surface area (TPSA) is 49.3 Å². The van der Waals surface area contributed by atoms with Crippen LogP contribution >= 0.6 is 0 Å². The zero-order chi connectivity index (χ0) is 8.81. The van der Waals surface area contributed by atoms with Crippen molar-refractivity contribution in [1.29, 1.82) is 0 Å². The van der Waals surface area contributed by atoms with Gasteiger partial charge in [0.25, 0.3) is 0 Å². The highest BCUT2D eigenvalue weighted by atomic mass is 16.4. The first-order chi connectivity index (χ1) is 5.79. The summed E-state index contributed by atoms with van der Waals surface area (Å²) in [5, 5.41) is 11.7. The quantitative estimate of drug-likeness (QED) is 0.623. The molecule has 3 heteroatoms. The molecule has 1 aliphatic rings. The molecule has 0 aliphatic carbocycles. The third kappa shape index (κ3) is 3.53. The Kier molecular flexibility index (Phi) is 3.80. The Morgan fingerprint density at radius 2 is 2.42 bits per heavy atom. The molecule has 2 N–H and O–H groups in total. The molecule has 3 nitrogen and oxygen atoms in total. The molecule has 1 fully saturated rings. The number of nitrogens with one attached hydrogen (secondary N) is 1. The lowest BCUT2D eigenvalue weighted by molar-refractivity contribution is -0.131. The minimum atomic E-state index is -0.856. The van der Waals surface area contributed by atoms with Gasteiger partial charge in [0.05, 0.1) is 0 Å². The molecule has 0 spiro atoms. The van der Waals surface area contributed by atoms with Crippen LogP contribution < -0.4 is 5.32 Å². The predicted molar refractivity (Wildman–Crippen MR) is 47.0 cm³/mol. The van der Waals surface area contributed by atoms with Gasteiger partial charge in [-0.05, 0) is 25.8 Å². The van der Waals surface area contributed by atoms with Crippen LogP contribution in [0.3, 0.4) is 0 Å². The molecule has 0 bridgehead atoms. The molecule has 0 amide bonds. The van der Waals surface area contributed by atoms with E-state index in [-0.39, 0.29) is 0 Å². The van der Waals surface area contributed by atoms with Gasteiger partial charge in [-0.1, -0.05) is 12.5 Å². The number of hydrogen-bond acceptors (Lipinski definition) is 2. The van der Waals surface area contributed by atoms with Crippen molar-refractivity contribution in [2.45, 2.75) is 31.7 Å². The van der Waals surface area contributed by atoms with Crippen LogP contribution in [-0.4, -0.2) is 23.7 Å². The van der Waals surface area contributed by atoms with E-state index in [2.05, 4.69) is 5.32 Å². The fraction of sp³-hybridized carbons (Fsp3) is 0.667. The van der Waals surface area contributed by atoms with Gasteiger partial charge in [0.15, 0.2) is 0 Å². The maximum Gasteiger partial charge on any atom is 0.327 e. The van der Waals surface area contributed by atoms with Crippen molar-refractivity contribution in [3.8, 4) is 0 Å². The minimum absolute atomic E-state index is 0.495. The SMILES string of the molecule is O=C(O)/C=C\CC1CCCCN1. The largest absolute Gasteiger partial charge is 0.478 e. The molecule has 1 unspecified atom stereocenters. The van der Waals surface area contributed by atoms with Crippen molar-refractivity contribution in [3.05, 3.63) is 12.2 Å². The first-order valence-corrected chi connectivity index (χ1v) is 4.42. The second kappa shape index (κ2) is 4.93. The van der Waals surface area contributed by atoms with Crippen LogP contribution in [-0.2, 0) is 4.79 Å². The summed E-state index contributed by atoms with van der Waals surface area (Å²) in [6, 6.07) is 0.495. The summed E-state index contributed by atoms with van der Waals surface area (Å²) in [5.41, 5.74) is 0. The fourth-order valence-electron chi connectivity index (χ4n) is 1.46. The van der Waals surface area contributed by atoms with E-state index in [1.165, 1.54) is 25.3 Å². The molecule has 1 aliphatic heterocycles. The van der Waals surface area contributed by atoms with E-state index in [4.69, 9.17) is 5.11 Å². The lowest BCUT2D eigenvalue weighted by Gasteiger charge is -2.21. The van der Waals surface area contributed by atoms with Crippen LogP contribution in [0, 0.1) is 0 Å². The molecule has 1 atom stereocenters. The van der Waals surface area contributed by atoms with Gasteiger partial charge in [-0.15, -0.1) is 0 Å². The Hall–Kier alpha value is -0.830. The Morgan fingerprint density at radius 3 is 3.00 bits per heavy atom. The van der Waals surface area contributed by atoms with Crippen molar-refractivity contribution in [3.63, 3.8) is 0 Å². The molecule has 1 rings (SSSR count). The molecule has 0 radical (unpaired) electrons. The fourth-order valence-corrected chi connectivity index (χ4v) is 1.46. The molecule has 0 aromatic rings. The van der Waals surface area contributed by atoms with Gasteiger partial charge >= 0.3 is 5.97 Å². The summed E-state index contributed by atoms with van der Waals surface area (Å²) in [7, 11) is 0. The maximum absolute atomic E-state index is 10.1. The number of hydrogen-bond donors (Lipinski definition) is 2. The van der Waals surface area contributed by atoms with Gasteiger partial charge in [0, 0.05) is 12.1 Å². The number of carbonyl (C=O) groups is 1. The van der Waals surface area contributed by atoms with E-state index < -0.39 is 5.97 Å². The van der Waals surface area contributed by atoms with Crippen LogP contribution in [0.5, 0.6) is 0 Å². The Balaban J connectivity index is 2.17. The van der Waals surface area contributed by atoms with Crippen molar-refractivity contribution >= 4 is 5.97 Å². The number of piperidine rings is 1. The predicted octanol–water partition coefficient (Wildman–Crippen LogP) is 1.16. The van der Waals surface area contributed by atoms with Crippen LogP contribution in [0.15, 0.2) is 12.2 Å². The Labute approximate surface area is 72.5 Å². The molecule has 68 valence electrons. The molecule has 1 saturated heterocycles. The van der Waals surface area contributed by atoms with Crippen LogP contribution in [0.2, 0.25) is 0 Å². The van der Waals surface area contributed by atoms with Crippen LogP contribution in [0.1, 0.15) is 25.7 Å². The van der Waals surface area contributed by atoms with Crippen LogP contribution in [0.4, 0.5) is 0 Å². The first-order valence-electron chi connectivity index (χ1n) is 4.42. The van der Waals surface area contributed by atoms with E-state index in [1.807, 2.05) is 0 Å². The van der Waals surface area contributed by atoms with Gasteiger partial charge < -0.3 is 10.4 Å². The third-order valence-corrected chi connectivity index (χ3v) is 2.09. The van der Waals surface area contributed by atoms with Gasteiger partial charge in [-0.2, -0.15) is 0 Å². The molecule has 0 saturated carbocycles. The third-order valence-electron chi connectivity index (χ3n) is 2.09. The number of rotatable bonds is 3. The Bertz CT molecular complexity index is 171. The standard InChI is InChI=1S/C9H15NO2/c11-9(12)6-3-5-8-4-1-2-7-10-8/h3,6,8,10H,1-2,4-5,7H2,(H,11,12)/b6-3-. The van der Waals surface area contributed by atoms with Crippen molar-refractivity contribution in [2.24, 2.45) is 0 Å². The second-order valence-corrected chi connectivity index (χ2v) is 3.12. The van der Waals surface area contributed by atoms with Gasteiger partial charge in [0.1, 0.15) is 0 Å². The zero-order valence-corrected chi connectivity index (χ0v) is 7.12. The molecule has 0 aromatic carbocycles. The molecule has 1 heterocycles. The van der Waals surface area contributed by atoms with Gasteiger partial charge in [-0.25, -0.2) is 4.79 Å². The average molecular weight is 169 g/mol. The normalized spacial score (nSPS) is 24.5. The minimum Gasteiger partial charge on any atom is -0.478 e. The average Bonchev–Trinajstić information content (AvgIpc) is 2.05. The highest BCUT2D eigenvalue weighted by molar-refractivity contribution is 5.79. The summed E-state index contributed by atoms with van der Waals surface area (Å²) in [4.78, 5) is 10.1. The summed E-state index contributed by atoms with van der Waals surface area (Å²) in [6.07, 6.45) is 7.47.